The van der Waals surface area contributed by atoms with Crippen LogP contribution in [0.2, 0.25) is 0 Å². The quantitative estimate of drug-likeness (QED) is 0.181. The summed E-state index contributed by atoms with van der Waals surface area (Å²) in [5.74, 6) is 0.587. The summed E-state index contributed by atoms with van der Waals surface area (Å²) in [5, 5.41) is 18.8. The first-order valence-corrected chi connectivity index (χ1v) is 13.1. The second-order valence-electron chi connectivity index (χ2n) is 9.49. The monoisotopic (exact) mass is 514 g/mol. The van der Waals surface area contributed by atoms with E-state index in [4.69, 9.17) is 4.42 Å². The average Bonchev–Trinajstić information content (AvgIpc) is 3.20. The van der Waals surface area contributed by atoms with E-state index in [1.165, 1.54) is 5.56 Å². The maximum Gasteiger partial charge on any atom is 0.247 e. The van der Waals surface area contributed by atoms with Gasteiger partial charge < -0.3 is 20.0 Å². The first kappa shape index (κ1) is 26.7. The number of amides is 2. The highest BCUT2D eigenvalue weighted by Crippen LogP contribution is 2.23. The molecule has 1 unspecified atom stereocenters. The van der Waals surface area contributed by atoms with Crippen molar-refractivity contribution in [1.82, 2.24) is 15.5 Å². The third kappa shape index (κ3) is 7.13. The van der Waals surface area contributed by atoms with E-state index in [0.717, 1.165) is 48.0 Å². The van der Waals surface area contributed by atoms with Crippen molar-refractivity contribution in [1.29, 1.82) is 5.26 Å². The molecule has 38 heavy (non-hydrogen) atoms. The van der Waals surface area contributed by atoms with Crippen molar-refractivity contribution in [3.8, 4) is 6.19 Å². The number of fused-ring (bicyclic) bond motifs is 1. The number of aliphatic imine (C=N–C) groups is 1. The number of anilines is 1. The summed E-state index contributed by atoms with van der Waals surface area (Å²) >= 11 is 0. The van der Waals surface area contributed by atoms with Gasteiger partial charge in [0.1, 0.15) is 17.4 Å². The van der Waals surface area contributed by atoms with Crippen LogP contribution in [0.1, 0.15) is 43.1 Å². The number of hydrogen-bond donors (Lipinski definition) is 3. The highest BCUT2D eigenvalue weighted by atomic mass is 16.3. The second-order valence-corrected chi connectivity index (χ2v) is 9.49. The van der Waals surface area contributed by atoms with Crippen LogP contribution < -0.4 is 16.0 Å². The molecule has 1 atom stereocenters. The fourth-order valence-electron chi connectivity index (χ4n) is 4.57. The standard InChI is InChI=1S/C29H34N6O3/c1-3-21-7-9-22(10-8-21)13-14-31-27(36)18-35-15-5-4-6-25(28(35)37)34-29(32-19-30)33-24-11-12-26-23(17-24)16-20(2)38-26/h7-12,16-17,25H,3-6,13-15,18H2,1-2H3,(H,31,36)(H2,32,33,34). The van der Waals surface area contributed by atoms with Crippen LogP contribution in [0.5, 0.6) is 0 Å². The van der Waals surface area contributed by atoms with Gasteiger partial charge in [-0.3, -0.25) is 14.9 Å². The number of furan rings is 1. The van der Waals surface area contributed by atoms with Gasteiger partial charge in [-0.15, -0.1) is 0 Å². The highest BCUT2D eigenvalue weighted by molar-refractivity contribution is 5.98. The van der Waals surface area contributed by atoms with Crippen LogP contribution in [-0.4, -0.2) is 48.3 Å². The number of nitriles is 1. The number of carbonyl (C=O) groups is 2. The molecule has 2 aromatic carbocycles. The number of benzene rings is 2. The van der Waals surface area contributed by atoms with Crippen LogP contribution in [0.4, 0.5) is 5.69 Å². The van der Waals surface area contributed by atoms with Crippen molar-refractivity contribution in [2.24, 2.45) is 4.99 Å². The van der Waals surface area contributed by atoms with Gasteiger partial charge in [-0.25, -0.2) is 4.99 Å². The van der Waals surface area contributed by atoms with Crippen LogP contribution in [-0.2, 0) is 22.4 Å². The lowest BCUT2D eigenvalue weighted by molar-refractivity contribution is -0.136. The number of hydrogen-bond acceptors (Lipinski definition) is 5. The Labute approximate surface area is 222 Å². The lowest BCUT2D eigenvalue weighted by Gasteiger charge is -2.22. The Morgan fingerprint density at radius 2 is 1.95 bits per heavy atom. The van der Waals surface area contributed by atoms with E-state index in [2.05, 4.69) is 52.1 Å². The summed E-state index contributed by atoms with van der Waals surface area (Å²) in [4.78, 5) is 32.0. The van der Waals surface area contributed by atoms with E-state index in [0.29, 0.717) is 25.2 Å². The lowest BCUT2D eigenvalue weighted by atomic mass is 10.1. The van der Waals surface area contributed by atoms with Crippen LogP contribution in [0.3, 0.4) is 0 Å². The van der Waals surface area contributed by atoms with Gasteiger partial charge in [0.2, 0.25) is 17.8 Å². The molecule has 3 aromatic rings. The van der Waals surface area contributed by atoms with E-state index in [9.17, 15) is 14.9 Å². The maximum atomic E-state index is 13.3. The Morgan fingerprint density at radius 3 is 2.71 bits per heavy atom. The van der Waals surface area contributed by atoms with Crippen LogP contribution >= 0.6 is 0 Å². The Kier molecular flexibility index (Phi) is 8.98. The minimum absolute atomic E-state index is 0.00935. The van der Waals surface area contributed by atoms with E-state index < -0.39 is 6.04 Å². The SMILES string of the molecule is CCc1ccc(CCNC(=O)CN2CCCCC(N=C(NC#N)Nc3ccc4oc(C)cc4c3)C2=O)cc1. The average molecular weight is 515 g/mol. The molecule has 3 N–H and O–H groups in total. The van der Waals surface area contributed by atoms with Gasteiger partial charge in [0.15, 0.2) is 6.19 Å². The Bertz CT molecular complexity index is 1340. The van der Waals surface area contributed by atoms with Gasteiger partial charge in [0.25, 0.3) is 0 Å². The van der Waals surface area contributed by atoms with Crippen molar-refractivity contribution >= 4 is 34.4 Å². The van der Waals surface area contributed by atoms with Gasteiger partial charge in [0.05, 0.1) is 6.54 Å². The van der Waals surface area contributed by atoms with E-state index in [1.54, 1.807) is 4.90 Å². The van der Waals surface area contributed by atoms with Gasteiger partial charge in [-0.2, -0.15) is 5.26 Å². The Morgan fingerprint density at radius 1 is 1.16 bits per heavy atom. The summed E-state index contributed by atoms with van der Waals surface area (Å²) in [6, 6.07) is 15.2. The number of guanidine groups is 1. The number of nitrogens with zero attached hydrogens (tertiary/aromatic N) is 3. The number of nitrogens with one attached hydrogen (secondary N) is 3. The summed E-state index contributed by atoms with van der Waals surface area (Å²) < 4.78 is 5.61. The smallest absolute Gasteiger partial charge is 0.247 e. The topological polar surface area (TPSA) is 123 Å². The molecule has 0 spiro atoms. The largest absolute Gasteiger partial charge is 0.461 e. The number of rotatable bonds is 8. The zero-order valence-electron chi connectivity index (χ0n) is 21.9. The van der Waals surface area contributed by atoms with Crippen molar-refractivity contribution in [2.75, 3.05) is 25.0 Å². The first-order valence-electron chi connectivity index (χ1n) is 13.1. The molecular formula is C29H34N6O3. The molecule has 4 rings (SSSR count). The molecule has 0 aliphatic carbocycles. The zero-order valence-corrected chi connectivity index (χ0v) is 21.9. The molecule has 1 aliphatic rings. The highest BCUT2D eigenvalue weighted by Gasteiger charge is 2.28. The van der Waals surface area contributed by atoms with E-state index in [1.807, 2.05) is 37.4 Å². The molecule has 2 amide bonds. The summed E-state index contributed by atoms with van der Waals surface area (Å²) in [6.07, 6.45) is 5.75. The minimum atomic E-state index is -0.689. The molecule has 0 saturated carbocycles. The first-order chi connectivity index (χ1) is 18.4. The predicted molar refractivity (Wildman–Crippen MR) is 148 cm³/mol. The fourth-order valence-corrected chi connectivity index (χ4v) is 4.57. The second kappa shape index (κ2) is 12.8. The number of carbonyl (C=O) groups excluding carboxylic acids is 2. The third-order valence-corrected chi connectivity index (χ3v) is 6.62. The molecule has 9 heteroatoms. The molecule has 1 saturated heterocycles. The van der Waals surface area contributed by atoms with Crippen molar-refractivity contribution in [2.45, 2.75) is 52.0 Å². The summed E-state index contributed by atoms with van der Waals surface area (Å²) in [5.41, 5.74) is 3.92. The predicted octanol–water partition coefficient (Wildman–Crippen LogP) is 3.88. The van der Waals surface area contributed by atoms with Crippen LogP contribution in [0, 0.1) is 18.4 Å². The van der Waals surface area contributed by atoms with E-state index >= 15 is 0 Å². The van der Waals surface area contributed by atoms with Crippen molar-refractivity contribution in [3.05, 3.63) is 65.4 Å². The fraction of sp³-hybridized carbons (Fsp3) is 0.379. The van der Waals surface area contributed by atoms with Gasteiger partial charge in [-0.05, 0) is 74.4 Å². The van der Waals surface area contributed by atoms with Crippen LogP contribution in [0.25, 0.3) is 11.0 Å². The third-order valence-electron chi connectivity index (χ3n) is 6.62. The minimum Gasteiger partial charge on any atom is -0.461 e. The Hall–Kier alpha value is -4.32. The summed E-state index contributed by atoms with van der Waals surface area (Å²) in [7, 11) is 0. The normalized spacial score (nSPS) is 16.1. The molecule has 0 bridgehead atoms. The lowest BCUT2D eigenvalue weighted by Crippen LogP contribution is -2.44. The molecule has 0 radical (unpaired) electrons. The van der Waals surface area contributed by atoms with Crippen molar-refractivity contribution in [3.63, 3.8) is 0 Å². The molecule has 2 heterocycles. The van der Waals surface area contributed by atoms with Crippen LogP contribution in [0.15, 0.2) is 57.9 Å². The van der Waals surface area contributed by atoms with Crippen molar-refractivity contribution < 1.29 is 14.0 Å². The molecule has 1 aromatic heterocycles. The van der Waals surface area contributed by atoms with Gasteiger partial charge >= 0.3 is 0 Å². The van der Waals surface area contributed by atoms with Gasteiger partial charge in [0, 0.05) is 24.2 Å². The summed E-state index contributed by atoms with van der Waals surface area (Å²) in [6.45, 7) is 5.00. The molecular weight excluding hydrogens is 480 g/mol. The maximum absolute atomic E-state index is 13.3. The molecule has 1 aliphatic heterocycles. The van der Waals surface area contributed by atoms with E-state index in [-0.39, 0.29) is 24.3 Å². The Balaban J connectivity index is 1.36. The number of likely N-dealkylation sites (tertiary alicyclic amines) is 1. The zero-order chi connectivity index (χ0) is 26.9. The molecule has 1 fully saturated rings. The molecule has 9 nitrogen and oxygen atoms in total. The van der Waals surface area contributed by atoms with Gasteiger partial charge in [-0.1, -0.05) is 31.2 Å². The molecule has 198 valence electrons. The number of aryl methyl sites for hydroxylation is 2.